The van der Waals surface area contributed by atoms with Crippen LogP contribution in [0, 0.1) is 0 Å². The Morgan fingerprint density at radius 1 is 1.00 bits per heavy atom. The minimum atomic E-state index is 0.0529. The lowest BCUT2D eigenvalue weighted by molar-refractivity contribution is 0.0715. The Morgan fingerprint density at radius 2 is 1.90 bits per heavy atom. The van der Waals surface area contributed by atoms with Gasteiger partial charge in [-0.15, -0.1) is 0 Å². The number of nitrogens with zero attached hydrogens (tertiary/aromatic N) is 1. The quantitative estimate of drug-likeness (QED) is 0.697. The number of hydrogen-bond acceptors (Lipinski definition) is 5. The molecule has 6 heteroatoms. The van der Waals surface area contributed by atoms with E-state index in [1.54, 1.807) is 6.26 Å². The SMILES string of the molecule is O=C(c1cccc(-c2ccco2)c1)N1CCCC(Nc2ccc3c(c2)OCCO3)C1. The largest absolute Gasteiger partial charge is 0.486 e. The molecule has 5 rings (SSSR count). The highest BCUT2D eigenvalue weighted by Crippen LogP contribution is 2.33. The summed E-state index contributed by atoms with van der Waals surface area (Å²) in [5.74, 6) is 2.37. The van der Waals surface area contributed by atoms with E-state index in [0.29, 0.717) is 25.3 Å². The van der Waals surface area contributed by atoms with Crippen LogP contribution in [0.3, 0.4) is 0 Å². The zero-order chi connectivity index (χ0) is 20.3. The molecule has 1 saturated heterocycles. The number of furan rings is 1. The fourth-order valence-electron chi connectivity index (χ4n) is 4.08. The molecule has 3 aromatic rings. The lowest BCUT2D eigenvalue weighted by atomic mass is 10.0. The van der Waals surface area contributed by atoms with Gasteiger partial charge in [0.2, 0.25) is 0 Å². The Balaban J connectivity index is 1.27. The Bertz CT molecular complexity index is 1030. The van der Waals surface area contributed by atoms with Crippen LogP contribution in [0.15, 0.2) is 65.3 Å². The van der Waals surface area contributed by atoms with Gasteiger partial charge in [-0.2, -0.15) is 0 Å². The molecule has 0 aliphatic carbocycles. The Hall–Kier alpha value is -3.41. The van der Waals surface area contributed by atoms with Crippen LogP contribution in [-0.2, 0) is 0 Å². The third-order valence-corrected chi connectivity index (χ3v) is 5.54. The van der Waals surface area contributed by atoms with Crippen LogP contribution in [0.4, 0.5) is 5.69 Å². The lowest BCUT2D eigenvalue weighted by Gasteiger charge is -2.34. The molecule has 0 bridgehead atoms. The van der Waals surface area contributed by atoms with E-state index in [2.05, 4.69) is 5.32 Å². The summed E-state index contributed by atoms with van der Waals surface area (Å²) in [6, 6.07) is 17.5. The van der Waals surface area contributed by atoms with Gasteiger partial charge >= 0.3 is 0 Å². The number of benzene rings is 2. The van der Waals surface area contributed by atoms with E-state index in [1.165, 1.54) is 0 Å². The molecule has 3 heterocycles. The number of nitrogens with one attached hydrogen (secondary N) is 1. The Labute approximate surface area is 175 Å². The first-order valence-corrected chi connectivity index (χ1v) is 10.4. The van der Waals surface area contributed by atoms with E-state index >= 15 is 0 Å². The van der Waals surface area contributed by atoms with Gasteiger partial charge in [0.25, 0.3) is 5.91 Å². The third-order valence-electron chi connectivity index (χ3n) is 5.54. The molecule has 1 N–H and O–H groups in total. The highest BCUT2D eigenvalue weighted by atomic mass is 16.6. The van der Waals surface area contributed by atoms with Crippen molar-refractivity contribution in [1.29, 1.82) is 0 Å². The van der Waals surface area contributed by atoms with Gasteiger partial charge in [0.1, 0.15) is 19.0 Å². The number of likely N-dealkylation sites (tertiary alicyclic amines) is 1. The van der Waals surface area contributed by atoms with E-state index in [-0.39, 0.29) is 11.9 Å². The number of carbonyl (C=O) groups excluding carboxylic acids is 1. The maximum absolute atomic E-state index is 13.1. The second-order valence-electron chi connectivity index (χ2n) is 7.65. The van der Waals surface area contributed by atoms with Gasteiger partial charge in [0, 0.05) is 42.0 Å². The van der Waals surface area contributed by atoms with Crippen molar-refractivity contribution in [2.75, 3.05) is 31.6 Å². The second-order valence-corrected chi connectivity index (χ2v) is 7.65. The first-order chi connectivity index (χ1) is 14.8. The number of rotatable bonds is 4. The number of fused-ring (bicyclic) bond motifs is 1. The van der Waals surface area contributed by atoms with Gasteiger partial charge in [0.15, 0.2) is 11.5 Å². The van der Waals surface area contributed by atoms with Crippen molar-refractivity contribution in [3.05, 3.63) is 66.4 Å². The molecule has 30 heavy (non-hydrogen) atoms. The number of piperidine rings is 1. The number of ether oxygens (including phenoxy) is 2. The lowest BCUT2D eigenvalue weighted by Crippen LogP contribution is -2.45. The molecule has 1 unspecified atom stereocenters. The van der Waals surface area contributed by atoms with Crippen LogP contribution < -0.4 is 14.8 Å². The molecule has 1 amide bonds. The van der Waals surface area contributed by atoms with Crippen molar-refractivity contribution >= 4 is 11.6 Å². The predicted molar refractivity (Wildman–Crippen MR) is 114 cm³/mol. The molecule has 0 spiro atoms. The third kappa shape index (κ3) is 3.85. The summed E-state index contributed by atoms with van der Waals surface area (Å²) in [4.78, 5) is 15.1. The molecule has 1 aromatic heterocycles. The van der Waals surface area contributed by atoms with Crippen LogP contribution in [0.1, 0.15) is 23.2 Å². The summed E-state index contributed by atoms with van der Waals surface area (Å²) in [7, 11) is 0. The minimum absolute atomic E-state index is 0.0529. The van der Waals surface area contributed by atoms with Crippen molar-refractivity contribution in [2.45, 2.75) is 18.9 Å². The molecule has 2 aliphatic heterocycles. The summed E-state index contributed by atoms with van der Waals surface area (Å²) in [5, 5.41) is 3.56. The molecule has 1 atom stereocenters. The van der Waals surface area contributed by atoms with Crippen molar-refractivity contribution in [1.82, 2.24) is 4.90 Å². The van der Waals surface area contributed by atoms with Crippen LogP contribution >= 0.6 is 0 Å². The zero-order valence-electron chi connectivity index (χ0n) is 16.7. The van der Waals surface area contributed by atoms with Crippen molar-refractivity contribution in [2.24, 2.45) is 0 Å². The van der Waals surface area contributed by atoms with Crippen LogP contribution in [-0.4, -0.2) is 43.2 Å². The molecule has 2 aliphatic rings. The predicted octanol–water partition coefficient (Wildman–Crippen LogP) is 4.43. The number of anilines is 1. The first-order valence-electron chi connectivity index (χ1n) is 10.4. The highest BCUT2D eigenvalue weighted by molar-refractivity contribution is 5.95. The van der Waals surface area contributed by atoms with E-state index in [1.807, 2.05) is 59.5 Å². The van der Waals surface area contributed by atoms with Gasteiger partial charge in [0.05, 0.1) is 6.26 Å². The van der Waals surface area contributed by atoms with E-state index in [4.69, 9.17) is 13.9 Å². The average Bonchev–Trinajstić information content (AvgIpc) is 3.34. The van der Waals surface area contributed by atoms with E-state index in [9.17, 15) is 4.79 Å². The molecular formula is C24H24N2O4. The highest BCUT2D eigenvalue weighted by Gasteiger charge is 2.25. The fourth-order valence-corrected chi connectivity index (χ4v) is 4.08. The van der Waals surface area contributed by atoms with Gasteiger partial charge < -0.3 is 24.1 Å². The maximum Gasteiger partial charge on any atom is 0.253 e. The average molecular weight is 404 g/mol. The number of amides is 1. The van der Waals surface area contributed by atoms with Gasteiger partial charge in [-0.05, 0) is 49.2 Å². The van der Waals surface area contributed by atoms with Gasteiger partial charge in [-0.25, -0.2) is 0 Å². The van der Waals surface area contributed by atoms with E-state index in [0.717, 1.165) is 47.9 Å². The van der Waals surface area contributed by atoms with Crippen LogP contribution in [0.25, 0.3) is 11.3 Å². The summed E-state index contributed by atoms with van der Waals surface area (Å²) in [6.07, 6.45) is 3.62. The Morgan fingerprint density at radius 3 is 2.77 bits per heavy atom. The minimum Gasteiger partial charge on any atom is -0.486 e. The summed E-state index contributed by atoms with van der Waals surface area (Å²) >= 11 is 0. The molecule has 0 saturated carbocycles. The molecule has 154 valence electrons. The standard InChI is InChI=1S/C24H24N2O4/c27-24(18-5-1-4-17(14-18)21-7-3-11-28-21)26-10-2-6-20(16-26)25-19-8-9-22-23(15-19)30-13-12-29-22/h1,3-5,7-9,11,14-15,20,25H,2,6,10,12-13,16H2. The van der Waals surface area contributed by atoms with Gasteiger partial charge in [-0.3, -0.25) is 4.79 Å². The monoisotopic (exact) mass is 404 g/mol. The first kappa shape index (κ1) is 18.6. The van der Waals surface area contributed by atoms with E-state index < -0.39 is 0 Å². The number of hydrogen-bond donors (Lipinski definition) is 1. The molecule has 2 aromatic carbocycles. The molecule has 6 nitrogen and oxygen atoms in total. The van der Waals surface area contributed by atoms with Gasteiger partial charge in [-0.1, -0.05) is 12.1 Å². The second kappa shape index (κ2) is 8.14. The van der Waals surface area contributed by atoms with Crippen LogP contribution in [0.2, 0.25) is 0 Å². The smallest absolute Gasteiger partial charge is 0.253 e. The summed E-state index contributed by atoms with van der Waals surface area (Å²) in [5.41, 5.74) is 2.58. The topological polar surface area (TPSA) is 63.9 Å². The Kier molecular flexibility index (Phi) is 5.05. The van der Waals surface area contributed by atoms with Crippen molar-refractivity contribution < 1.29 is 18.7 Å². The maximum atomic E-state index is 13.1. The molecular weight excluding hydrogens is 380 g/mol. The summed E-state index contributed by atoms with van der Waals surface area (Å²) in [6.45, 7) is 2.58. The normalized spacial score (nSPS) is 18.1. The summed E-state index contributed by atoms with van der Waals surface area (Å²) < 4.78 is 16.7. The fraction of sp³-hybridized carbons (Fsp3) is 0.292. The molecule has 0 radical (unpaired) electrons. The molecule has 1 fully saturated rings. The van der Waals surface area contributed by atoms with Crippen LogP contribution in [0.5, 0.6) is 11.5 Å². The number of carbonyl (C=O) groups is 1. The van der Waals surface area contributed by atoms with Crippen molar-refractivity contribution in [3.63, 3.8) is 0 Å². The zero-order valence-corrected chi connectivity index (χ0v) is 16.7. The van der Waals surface area contributed by atoms with Crippen molar-refractivity contribution in [3.8, 4) is 22.8 Å².